The Morgan fingerprint density at radius 3 is 2.58 bits per heavy atom. The SMILES string of the molecule is CCNC(=NCC1(SC)CCOCC1)N1CCC(N2CCCCC2)C1.I. The quantitative estimate of drug-likeness (QED) is 0.360. The molecule has 3 aliphatic heterocycles. The van der Waals surface area contributed by atoms with E-state index in [1.807, 2.05) is 11.8 Å². The van der Waals surface area contributed by atoms with Crippen molar-refractivity contribution < 1.29 is 4.74 Å². The van der Waals surface area contributed by atoms with E-state index in [0.29, 0.717) is 0 Å². The van der Waals surface area contributed by atoms with Crippen molar-refractivity contribution in [1.29, 1.82) is 0 Å². The molecule has 0 amide bonds. The molecular weight excluding hydrogens is 459 g/mol. The Bertz CT molecular complexity index is 439. The van der Waals surface area contributed by atoms with E-state index in [1.54, 1.807) is 0 Å². The Kier molecular flexibility index (Phi) is 9.82. The second-order valence-corrected chi connectivity index (χ2v) is 8.93. The van der Waals surface area contributed by atoms with Crippen LogP contribution in [-0.2, 0) is 4.74 Å². The minimum Gasteiger partial charge on any atom is -0.381 e. The molecule has 0 radical (unpaired) electrons. The number of aliphatic imine (C=N–C) groups is 1. The Morgan fingerprint density at radius 1 is 1.19 bits per heavy atom. The van der Waals surface area contributed by atoms with Crippen molar-refractivity contribution >= 4 is 41.7 Å². The van der Waals surface area contributed by atoms with Gasteiger partial charge < -0.3 is 15.0 Å². The average Bonchev–Trinajstić information content (AvgIpc) is 3.16. The normalized spacial score (nSPS) is 27.2. The van der Waals surface area contributed by atoms with Gasteiger partial charge in [0, 0.05) is 43.6 Å². The van der Waals surface area contributed by atoms with Crippen molar-refractivity contribution in [3.63, 3.8) is 0 Å². The third-order valence-electron chi connectivity index (χ3n) is 6.06. The predicted molar refractivity (Wildman–Crippen MR) is 123 cm³/mol. The van der Waals surface area contributed by atoms with E-state index < -0.39 is 0 Å². The molecule has 3 heterocycles. The molecule has 7 heteroatoms. The van der Waals surface area contributed by atoms with Gasteiger partial charge in [0.2, 0.25) is 0 Å². The van der Waals surface area contributed by atoms with Gasteiger partial charge in [-0.25, -0.2) is 0 Å². The zero-order valence-electron chi connectivity index (χ0n) is 16.5. The van der Waals surface area contributed by atoms with Crippen molar-refractivity contribution in [2.75, 3.05) is 58.7 Å². The summed E-state index contributed by atoms with van der Waals surface area (Å²) in [7, 11) is 0. The van der Waals surface area contributed by atoms with E-state index in [9.17, 15) is 0 Å². The number of rotatable bonds is 5. The second kappa shape index (κ2) is 11.3. The second-order valence-electron chi connectivity index (χ2n) is 7.65. The number of hydrogen-bond donors (Lipinski definition) is 1. The van der Waals surface area contributed by atoms with Crippen molar-refractivity contribution in [3.8, 4) is 0 Å². The van der Waals surface area contributed by atoms with Crippen LogP contribution in [0.25, 0.3) is 0 Å². The smallest absolute Gasteiger partial charge is 0.194 e. The lowest BCUT2D eigenvalue weighted by atomic mass is 9.99. The third kappa shape index (κ3) is 5.88. The Hall–Kier alpha value is 0.270. The van der Waals surface area contributed by atoms with E-state index in [2.05, 4.69) is 28.3 Å². The molecule has 0 aliphatic carbocycles. The van der Waals surface area contributed by atoms with Crippen LogP contribution in [0, 0.1) is 0 Å². The maximum atomic E-state index is 5.57. The highest BCUT2D eigenvalue weighted by Crippen LogP contribution is 2.34. The molecule has 1 unspecified atom stereocenters. The van der Waals surface area contributed by atoms with Crippen LogP contribution in [0.2, 0.25) is 0 Å². The number of nitrogens with one attached hydrogen (secondary N) is 1. The monoisotopic (exact) mass is 496 g/mol. The molecule has 3 saturated heterocycles. The van der Waals surface area contributed by atoms with Gasteiger partial charge in [0.1, 0.15) is 0 Å². The fourth-order valence-corrected chi connectivity index (χ4v) is 5.10. The maximum absolute atomic E-state index is 5.57. The molecule has 0 saturated carbocycles. The van der Waals surface area contributed by atoms with Crippen LogP contribution in [0.4, 0.5) is 0 Å². The topological polar surface area (TPSA) is 40.1 Å². The summed E-state index contributed by atoms with van der Waals surface area (Å²) in [5.41, 5.74) is 0. The van der Waals surface area contributed by atoms with Crippen LogP contribution in [0.15, 0.2) is 4.99 Å². The van der Waals surface area contributed by atoms with Crippen LogP contribution >= 0.6 is 35.7 Å². The van der Waals surface area contributed by atoms with E-state index in [4.69, 9.17) is 9.73 Å². The van der Waals surface area contributed by atoms with Gasteiger partial charge in [-0.05, 0) is 58.4 Å². The summed E-state index contributed by atoms with van der Waals surface area (Å²) in [4.78, 5) is 10.3. The number of nitrogens with zero attached hydrogens (tertiary/aromatic N) is 3. The van der Waals surface area contributed by atoms with Gasteiger partial charge in [0.05, 0.1) is 6.54 Å². The number of thioether (sulfide) groups is 1. The van der Waals surface area contributed by atoms with E-state index in [-0.39, 0.29) is 28.7 Å². The third-order valence-corrected chi connectivity index (χ3v) is 7.46. The molecule has 0 aromatic carbocycles. The molecule has 0 aromatic heterocycles. The Morgan fingerprint density at radius 2 is 1.92 bits per heavy atom. The summed E-state index contributed by atoms with van der Waals surface area (Å²) in [5, 5.41) is 3.55. The lowest BCUT2D eigenvalue weighted by Crippen LogP contribution is -2.45. The van der Waals surface area contributed by atoms with Gasteiger partial charge in [0.15, 0.2) is 5.96 Å². The first-order valence-electron chi connectivity index (χ1n) is 10.2. The van der Waals surface area contributed by atoms with E-state index in [1.165, 1.54) is 38.8 Å². The number of hydrogen-bond acceptors (Lipinski definition) is 4. The summed E-state index contributed by atoms with van der Waals surface area (Å²) < 4.78 is 5.84. The number of halogens is 1. The minimum atomic E-state index is 0. The first kappa shape index (κ1) is 22.6. The molecular formula is C19H37IN4OS. The molecule has 5 nitrogen and oxygen atoms in total. The predicted octanol–water partition coefficient (Wildman–Crippen LogP) is 3.04. The Balaban J connectivity index is 0.00000243. The highest BCUT2D eigenvalue weighted by molar-refractivity contribution is 14.0. The van der Waals surface area contributed by atoms with Crippen LogP contribution in [-0.4, -0.2) is 85.3 Å². The average molecular weight is 497 g/mol. The first-order valence-corrected chi connectivity index (χ1v) is 11.4. The van der Waals surface area contributed by atoms with Gasteiger partial charge in [-0.15, -0.1) is 24.0 Å². The van der Waals surface area contributed by atoms with Crippen LogP contribution in [0.1, 0.15) is 45.4 Å². The molecule has 152 valence electrons. The van der Waals surface area contributed by atoms with E-state index >= 15 is 0 Å². The molecule has 1 atom stereocenters. The molecule has 0 bridgehead atoms. The summed E-state index contributed by atoms with van der Waals surface area (Å²) >= 11 is 1.98. The standard InChI is InChI=1S/C19H36N4OS.HI/c1-3-20-18(21-16-19(25-2)8-13-24-14-9-19)23-12-7-17(15-23)22-10-5-4-6-11-22;/h17H,3-16H2,1-2H3,(H,20,21);1H. The lowest BCUT2D eigenvalue weighted by molar-refractivity contribution is 0.0793. The van der Waals surface area contributed by atoms with Crippen molar-refractivity contribution in [2.24, 2.45) is 4.99 Å². The minimum absolute atomic E-state index is 0. The van der Waals surface area contributed by atoms with Crippen molar-refractivity contribution in [1.82, 2.24) is 15.1 Å². The zero-order chi connectivity index (χ0) is 17.5. The summed E-state index contributed by atoms with van der Waals surface area (Å²) in [5.74, 6) is 1.13. The van der Waals surface area contributed by atoms with Crippen molar-refractivity contribution in [2.45, 2.75) is 56.2 Å². The number of ether oxygens (including phenoxy) is 1. The van der Waals surface area contributed by atoms with Crippen LogP contribution in [0.5, 0.6) is 0 Å². The highest BCUT2D eigenvalue weighted by Gasteiger charge is 2.33. The number of piperidine rings is 1. The van der Waals surface area contributed by atoms with Crippen LogP contribution in [0.3, 0.4) is 0 Å². The largest absolute Gasteiger partial charge is 0.381 e. The molecule has 0 spiro atoms. The van der Waals surface area contributed by atoms with Crippen molar-refractivity contribution in [3.05, 3.63) is 0 Å². The lowest BCUT2D eigenvalue weighted by Gasteiger charge is -2.35. The molecule has 26 heavy (non-hydrogen) atoms. The van der Waals surface area contributed by atoms with E-state index in [0.717, 1.165) is 64.2 Å². The summed E-state index contributed by atoms with van der Waals surface area (Å²) in [6.07, 6.45) is 9.92. The van der Waals surface area contributed by atoms with Gasteiger partial charge in [-0.2, -0.15) is 11.8 Å². The molecule has 3 rings (SSSR count). The molecule has 1 N–H and O–H groups in total. The fraction of sp³-hybridized carbons (Fsp3) is 0.947. The summed E-state index contributed by atoms with van der Waals surface area (Å²) in [6.45, 7) is 10.7. The molecule has 0 aromatic rings. The number of likely N-dealkylation sites (tertiary alicyclic amines) is 2. The van der Waals surface area contributed by atoms with Gasteiger partial charge in [0.25, 0.3) is 0 Å². The summed E-state index contributed by atoms with van der Waals surface area (Å²) in [6, 6.07) is 0.724. The van der Waals surface area contributed by atoms with Gasteiger partial charge >= 0.3 is 0 Å². The number of guanidine groups is 1. The van der Waals surface area contributed by atoms with Gasteiger partial charge in [-0.1, -0.05) is 6.42 Å². The van der Waals surface area contributed by atoms with Gasteiger partial charge in [-0.3, -0.25) is 9.89 Å². The first-order chi connectivity index (χ1) is 12.3. The zero-order valence-corrected chi connectivity index (χ0v) is 19.7. The fourth-order valence-electron chi connectivity index (χ4n) is 4.33. The molecule has 3 aliphatic rings. The van der Waals surface area contributed by atoms with Crippen LogP contribution < -0.4 is 5.32 Å². The highest BCUT2D eigenvalue weighted by atomic mass is 127. The maximum Gasteiger partial charge on any atom is 0.194 e. The Labute approximate surface area is 181 Å². The molecule has 3 fully saturated rings.